The number of nitrogens with zero attached hydrogens (tertiary/aromatic N) is 1. The van der Waals surface area contributed by atoms with Crippen molar-refractivity contribution in [2.75, 3.05) is 20.8 Å². The highest BCUT2D eigenvalue weighted by molar-refractivity contribution is 6.02. The van der Waals surface area contributed by atoms with Crippen LogP contribution in [0.3, 0.4) is 0 Å². The minimum absolute atomic E-state index is 0.0429. The second kappa shape index (κ2) is 5.94. The number of hydrogen-bond acceptors (Lipinski definition) is 4. The lowest BCUT2D eigenvalue weighted by molar-refractivity contribution is 0.0814. The Bertz CT molecular complexity index is 527. The quantitative estimate of drug-likeness (QED) is 0.796. The van der Waals surface area contributed by atoms with Crippen molar-refractivity contribution in [2.24, 2.45) is 0 Å². The molecule has 1 aliphatic rings. The standard InChI is InChI=1S/C15H19NO4/c1-10-9-11(6-7-13(10)19-2)14(17)12-5-4-8-16(12)15(18)20-3/h6-7,9,12H,4-5,8H2,1-3H3. The molecule has 0 bridgehead atoms. The van der Waals surface area contributed by atoms with Crippen molar-refractivity contribution in [3.05, 3.63) is 29.3 Å². The van der Waals surface area contributed by atoms with Crippen molar-refractivity contribution in [3.63, 3.8) is 0 Å². The molecule has 1 unspecified atom stereocenters. The van der Waals surface area contributed by atoms with Crippen LogP contribution in [0.1, 0.15) is 28.8 Å². The summed E-state index contributed by atoms with van der Waals surface area (Å²) in [4.78, 5) is 25.7. The van der Waals surface area contributed by atoms with Crippen LogP contribution in [0.2, 0.25) is 0 Å². The summed E-state index contributed by atoms with van der Waals surface area (Å²) in [5.41, 5.74) is 1.50. The summed E-state index contributed by atoms with van der Waals surface area (Å²) in [5.74, 6) is 0.705. The number of aryl methyl sites for hydroxylation is 1. The average molecular weight is 277 g/mol. The molecule has 5 heteroatoms. The van der Waals surface area contributed by atoms with Gasteiger partial charge in [-0.05, 0) is 43.5 Å². The van der Waals surface area contributed by atoms with Crippen molar-refractivity contribution in [1.82, 2.24) is 4.90 Å². The highest BCUT2D eigenvalue weighted by Crippen LogP contribution is 2.25. The van der Waals surface area contributed by atoms with Gasteiger partial charge in [0.1, 0.15) is 5.75 Å². The van der Waals surface area contributed by atoms with Gasteiger partial charge < -0.3 is 9.47 Å². The topological polar surface area (TPSA) is 55.8 Å². The minimum Gasteiger partial charge on any atom is -0.496 e. The summed E-state index contributed by atoms with van der Waals surface area (Å²) in [6, 6.07) is 4.90. The lowest BCUT2D eigenvalue weighted by atomic mass is 10.0. The average Bonchev–Trinajstić information content (AvgIpc) is 2.94. The molecule has 5 nitrogen and oxygen atoms in total. The maximum Gasteiger partial charge on any atom is 0.410 e. The first kappa shape index (κ1) is 14.4. The molecule has 1 saturated heterocycles. The van der Waals surface area contributed by atoms with Gasteiger partial charge in [0.2, 0.25) is 0 Å². The third-order valence-electron chi connectivity index (χ3n) is 3.64. The molecular formula is C15H19NO4. The van der Waals surface area contributed by atoms with Gasteiger partial charge in [-0.25, -0.2) is 4.79 Å². The summed E-state index contributed by atoms with van der Waals surface area (Å²) >= 11 is 0. The van der Waals surface area contributed by atoms with Crippen LogP contribution in [-0.2, 0) is 4.74 Å². The molecule has 1 heterocycles. The highest BCUT2D eigenvalue weighted by Gasteiger charge is 2.35. The summed E-state index contributed by atoms with van der Waals surface area (Å²) in [6.45, 7) is 2.46. The molecule has 108 valence electrons. The molecule has 0 spiro atoms. The van der Waals surface area contributed by atoms with Crippen LogP contribution >= 0.6 is 0 Å². The first-order valence-corrected chi connectivity index (χ1v) is 6.62. The summed E-state index contributed by atoms with van der Waals surface area (Å²) in [5, 5.41) is 0. The fourth-order valence-electron chi connectivity index (χ4n) is 2.60. The third kappa shape index (κ3) is 2.61. The Labute approximate surface area is 118 Å². The van der Waals surface area contributed by atoms with Crippen molar-refractivity contribution < 1.29 is 19.1 Å². The van der Waals surface area contributed by atoms with Gasteiger partial charge in [-0.15, -0.1) is 0 Å². The molecule has 1 aromatic rings. The Morgan fingerprint density at radius 1 is 1.30 bits per heavy atom. The van der Waals surface area contributed by atoms with Gasteiger partial charge in [0.25, 0.3) is 0 Å². The van der Waals surface area contributed by atoms with Crippen molar-refractivity contribution in [2.45, 2.75) is 25.8 Å². The second-order valence-electron chi connectivity index (χ2n) is 4.87. The summed E-state index contributed by atoms with van der Waals surface area (Å²) < 4.78 is 9.91. The molecule has 0 aromatic heterocycles. The van der Waals surface area contributed by atoms with Gasteiger partial charge in [-0.3, -0.25) is 9.69 Å². The molecule has 20 heavy (non-hydrogen) atoms. The van der Waals surface area contributed by atoms with E-state index in [0.717, 1.165) is 17.7 Å². The number of ether oxygens (including phenoxy) is 2. The molecular weight excluding hydrogens is 258 g/mol. The van der Waals surface area contributed by atoms with E-state index < -0.39 is 12.1 Å². The van der Waals surface area contributed by atoms with Crippen LogP contribution in [0.5, 0.6) is 5.75 Å². The Kier molecular flexibility index (Phi) is 4.27. The van der Waals surface area contributed by atoms with E-state index in [9.17, 15) is 9.59 Å². The van der Waals surface area contributed by atoms with Crippen molar-refractivity contribution in [1.29, 1.82) is 0 Å². The van der Waals surface area contributed by atoms with E-state index in [1.54, 1.807) is 25.3 Å². The van der Waals surface area contributed by atoms with Gasteiger partial charge in [0.15, 0.2) is 5.78 Å². The zero-order valence-electron chi connectivity index (χ0n) is 12.0. The number of hydrogen-bond donors (Lipinski definition) is 0. The van der Waals surface area contributed by atoms with Crippen molar-refractivity contribution in [3.8, 4) is 5.75 Å². The molecule has 0 N–H and O–H groups in total. The zero-order valence-corrected chi connectivity index (χ0v) is 12.0. The normalized spacial score (nSPS) is 17.9. The maximum absolute atomic E-state index is 12.5. The number of Topliss-reactive ketones (excluding diaryl/α,β-unsaturated/α-hetero) is 1. The molecule has 1 fully saturated rings. The van der Waals surface area contributed by atoms with E-state index in [2.05, 4.69) is 0 Å². The van der Waals surface area contributed by atoms with Crippen LogP contribution in [0, 0.1) is 6.92 Å². The molecule has 0 saturated carbocycles. The Morgan fingerprint density at radius 2 is 2.05 bits per heavy atom. The molecule has 1 aliphatic heterocycles. The lowest BCUT2D eigenvalue weighted by Crippen LogP contribution is -2.40. The molecule has 1 aromatic carbocycles. The predicted molar refractivity (Wildman–Crippen MR) is 74.2 cm³/mol. The zero-order chi connectivity index (χ0) is 14.7. The number of carbonyl (C=O) groups excluding carboxylic acids is 2. The minimum atomic E-state index is -0.439. The second-order valence-corrected chi connectivity index (χ2v) is 4.87. The predicted octanol–water partition coefficient (Wildman–Crippen LogP) is 2.42. The van der Waals surface area contributed by atoms with Gasteiger partial charge >= 0.3 is 6.09 Å². The summed E-state index contributed by atoms with van der Waals surface area (Å²) in [6.07, 6.45) is 1.06. The van der Waals surface area contributed by atoms with Crippen LogP contribution < -0.4 is 4.74 Å². The monoisotopic (exact) mass is 277 g/mol. The maximum atomic E-state index is 12.5. The largest absolute Gasteiger partial charge is 0.496 e. The molecule has 1 atom stereocenters. The van der Waals surface area contributed by atoms with Gasteiger partial charge in [0.05, 0.1) is 20.3 Å². The number of rotatable bonds is 3. The summed E-state index contributed by atoms with van der Waals surface area (Å²) in [7, 11) is 2.93. The Hall–Kier alpha value is -2.04. The molecule has 0 aliphatic carbocycles. The Balaban J connectivity index is 2.22. The first-order valence-electron chi connectivity index (χ1n) is 6.62. The lowest BCUT2D eigenvalue weighted by Gasteiger charge is -2.22. The van der Waals surface area contributed by atoms with Crippen molar-refractivity contribution >= 4 is 11.9 Å². The van der Waals surface area contributed by atoms with E-state index in [4.69, 9.17) is 9.47 Å². The number of methoxy groups -OCH3 is 2. The third-order valence-corrected chi connectivity index (χ3v) is 3.64. The van der Waals surface area contributed by atoms with E-state index in [1.807, 2.05) is 6.92 Å². The van der Waals surface area contributed by atoms with Crippen LogP contribution in [-0.4, -0.2) is 43.6 Å². The van der Waals surface area contributed by atoms with Crippen LogP contribution in [0.25, 0.3) is 0 Å². The van der Waals surface area contributed by atoms with E-state index in [1.165, 1.54) is 12.0 Å². The van der Waals surface area contributed by atoms with E-state index in [-0.39, 0.29) is 5.78 Å². The first-order chi connectivity index (χ1) is 9.58. The fourth-order valence-corrected chi connectivity index (χ4v) is 2.60. The number of likely N-dealkylation sites (tertiary alicyclic amines) is 1. The number of carbonyl (C=O) groups is 2. The molecule has 2 rings (SSSR count). The fraction of sp³-hybridized carbons (Fsp3) is 0.467. The SMILES string of the molecule is COC(=O)N1CCCC1C(=O)c1ccc(OC)c(C)c1. The van der Waals surface area contributed by atoms with Crippen LogP contribution in [0.4, 0.5) is 4.79 Å². The smallest absolute Gasteiger partial charge is 0.410 e. The van der Waals surface area contributed by atoms with Gasteiger partial charge in [0, 0.05) is 12.1 Å². The molecule has 1 amide bonds. The van der Waals surface area contributed by atoms with Crippen LogP contribution in [0.15, 0.2) is 18.2 Å². The molecule has 0 radical (unpaired) electrons. The van der Waals surface area contributed by atoms with E-state index >= 15 is 0 Å². The Morgan fingerprint density at radius 3 is 2.65 bits per heavy atom. The highest BCUT2D eigenvalue weighted by atomic mass is 16.5. The van der Waals surface area contributed by atoms with E-state index in [0.29, 0.717) is 18.5 Å². The van der Waals surface area contributed by atoms with Gasteiger partial charge in [-0.1, -0.05) is 0 Å². The number of benzene rings is 1. The number of amides is 1. The van der Waals surface area contributed by atoms with Gasteiger partial charge in [-0.2, -0.15) is 0 Å². The number of ketones is 1.